The molecular weight excluding hydrogens is 400 g/mol. The number of piperazine rings is 1. The molecule has 1 amide bonds. The lowest BCUT2D eigenvalue weighted by atomic mass is 10.0. The highest BCUT2D eigenvalue weighted by molar-refractivity contribution is 5.94. The van der Waals surface area contributed by atoms with Crippen LogP contribution in [0.4, 0.5) is 5.69 Å². The van der Waals surface area contributed by atoms with Gasteiger partial charge in [0.2, 0.25) is 0 Å². The van der Waals surface area contributed by atoms with E-state index in [1.165, 1.54) is 11.8 Å². The SMILES string of the molecule is CCCNC(=O)c1ccc(N2CCN(Cc3ccccc3-c3cncc(O)c3)CC2)cc1. The van der Waals surface area contributed by atoms with Crippen molar-refractivity contribution >= 4 is 11.6 Å². The number of amides is 1. The summed E-state index contributed by atoms with van der Waals surface area (Å²) >= 11 is 0. The van der Waals surface area contributed by atoms with Crippen molar-refractivity contribution in [2.24, 2.45) is 0 Å². The molecule has 1 aliphatic heterocycles. The molecule has 0 bridgehead atoms. The third-order valence-electron chi connectivity index (χ3n) is 5.85. The first-order chi connectivity index (χ1) is 15.6. The highest BCUT2D eigenvalue weighted by Gasteiger charge is 2.19. The number of nitrogens with one attached hydrogen (secondary N) is 1. The minimum absolute atomic E-state index is 0.0104. The van der Waals surface area contributed by atoms with Crippen LogP contribution in [0.15, 0.2) is 67.0 Å². The fourth-order valence-electron chi connectivity index (χ4n) is 4.08. The van der Waals surface area contributed by atoms with E-state index in [1.807, 2.05) is 37.3 Å². The average molecular weight is 431 g/mol. The minimum atomic E-state index is -0.0104. The zero-order valence-electron chi connectivity index (χ0n) is 18.5. The van der Waals surface area contributed by atoms with Gasteiger partial charge in [-0.25, -0.2) is 0 Å². The standard InChI is InChI=1S/C26H30N4O2/c1-2-11-28-26(32)20-7-9-23(10-8-20)30-14-12-29(13-15-30)19-21-5-3-4-6-25(21)22-16-24(31)18-27-17-22/h3-10,16-18,31H,2,11-15,19H2,1H3,(H,28,32). The Morgan fingerprint density at radius 3 is 2.50 bits per heavy atom. The predicted octanol–water partition coefficient (Wildman–Crippen LogP) is 3.92. The van der Waals surface area contributed by atoms with E-state index in [4.69, 9.17) is 0 Å². The molecule has 3 aromatic rings. The quantitative estimate of drug-likeness (QED) is 0.595. The van der Waals surface area contributed by atoms with E-state index in [0.29, 0.717) is 12.1 Å². The zero-order chi connectivity index (χ0) is 22.3. The van der Waals surface area contributed by atoms with Gasteiger partial charge in [0.05, 0.1) is 6.20 Å². The second-order valence-corrected chi connectivity index (χ2v) is 8.15. The molecule has 1 aliphatic rings. The Morgan fingerprint density at radius 2 is 1.78 bits per heavy atom. The molecular formula is C26H30N4O2. The highest BCUT2D eigenvalue weighted by Crippen LogP contribution is 2.27. The Morgan fingerprint density at radius 1 is 1.03 bits per heavy atom. The van der Waals surface area contributed by atoms with Crippen LogP contribution in [0.2, 0.25) is 0 Å². The summed E-state index contributed by atoms with van der Waals surface area (Å²) in [4.78, 5) is 21.1. The molecule has 0 aliphatic carbocycles. The number of benzene rings is 2. The lowest BCUT2D eigenvalue weighted by Gasteiger charge is -2.36. The Kier molecular flexibility index (Phi) is 7.02. The van der Waals surface area contributed by atoms with Crippen molar-refractivity contribution in [2.45, 2.75) is 19.9 Å². The first-order valence-corrected chi connectivity index (χ1v) is 11.2. The number of carbonyl (C=O) groups is 1. The number of aromatic nitrogens is 1. The van der Waals surface area contributed by atoms with Crippen molar-refractivity contribution in [3.05, 3.63) is 78.1 Å². The van der Waals surface area contributed by atoms with E-state index in [9.17, 15) is 9.90 Å². The van der Waals surface area contributed by atoms with Gasteiger partial charge in [0, 0.05) is 62.3 Å². The number of anilines is 1. The van der Waals surface area contributed by atoms with Crippen LogP contribution in [-0.4, -0.2) is 53.6 Å². The molecule has 166 valence electrons. The van der Waals surface area contributed by atoms with Gasteiger partial charge in [-0.2, -0.15) is 0 Å². The van der Waals surface area contributed by atoms with Gasteiger partial charge in [0.25, 0.3) is 5.91 Å². The first-order valence-electron chi connectivity index (χ1n) is 11.2. The Labute approximate surface area is 189 Å². The summed E-state index contributed by atoms with van der Waals surface area (Å²) in [5.41, 5.74) is 5.13. The number of pyridine rings is 1. The van der Waals surface area contributed by atoms with Crippen molar-refractivity contribution < 1.29 is 9.90 Å². The van der Waals surface area contributed by atoms with E-state index in [1.54, 1.807) is 12.3 Å². The number of rotatable bonds is 7. The second-order valence-electron chi connectivity index (χ2n) is 8.15. The average Bonchev–Trinajstić information content (AvgIpc) is 2.83. The largest absolute Gasteiger partial charge is 0.506 e. The third kappa shape index (κ3) is 5.26. The fraction of sp³-hybridized carbons (Fsp3) is 0.308. The maximum Gasteiger partial charge on any atom is 0.251 e. The highest BCUT2D eigenvalue weighted by atomic mass is 16.3. The van der Waals surface area contributed by atoms with Gasteiger partial charge in [-0.1, -0.05) is 31.2 Å². The molecule has 1 fully saturated rings. The first kappa shape index (κ1) is 21.8. The molecule has 0 radical (unpaired) electrons. The lowest BCUT2D eigenvalue weighted by Crippen LogP contribution is -2.46. The molecule has 4 rings (SSSR count). The van der Waals surface area contributed by atoms with Gasteiger partial charge in [0.15, 0.2) is 0 Å². The summed E-state index contributed by atoms with van der Waals surface area (Å²) in [6.07, 6.45) is 4.18. The van der Waals surface area contributed by atoms with Crippen LogP contribution >= 0.6 is 0 Å². The number of nitrogens with zero attached hydrogens (tertiary/aromatic N) is 3. The number of hydrogen-bond donors (Lipinski definition) is 2. The molecule has 0 atom stereocenters. The van der Waals surface area contributed by atoms with Crippen molar-refractivity contribution in [3.8, 4) is 16.9 Å². The smallest absolute Gasteiger partial charge is 0.251 e. The number of carbonyl (C=O) groups excluding carboxylic acids is 1. The molecule has 6 heteroatoms. The normalized spacial score (nSPS) is 14.3. The van der Waals surface area contributed by atoms with Crippen molar-refractivity contribution in [2.75, 3.05) is 37.6 Å². The lowest BCUT2D eigenvalue weighted by molar-refractivity contribution is 0.0953. The molecule has 0 unspecified atom stereocenters. The predicted molar refractivity (Wildman–Crippen MR) is 128 cm³/mol. The van der Waals surface area contributed by atoms with Crippen LogP contribution in [0.1, 0.15) is 29.3 Å². The van der Waals surface area contributed by atoms with Crippen LogP contribution in [0.5, 0.6) is 5.75 Å². The number of aromatic hydroxyl groups is 1. The van der Waals surface area contributed by atoms with Gasteiger partial charge < -0.3 is 15.3 Å². The summed E-state index contributed by atoms with van der Waals surface area (Å²) in [7, 11) is 0. The summed E-state index contributed by atoms with van der Waals surface area (Å²) < 4.78 is 0. The molecule has 2 aromatic carbocycles. The van der Waals surface area contributed by atoms with Crippen molar-refractivity contribution in [1.29, 1.82) is 0 Å². The van der Waals surface area contributed by atoms with Crippen LogP contribution in [0.3, 0.4) is 0 Å². The fourth-order valence-corrected chi connectivity index (χ4v) is 4.08. The van der Waals surface area contributed by atoms with E-state index in [-0.39, 0.29) is 11.7 Å². The minimum Gasteiger partial charge on any atom is -0.506 e. The van der Waals surface area contributed by atoms with Crippen LogP contribution in [0.25, 0.3) is 11.1 Å². The van der Waals surface area contributed by atoms with Gasteiger partial charge in [-0.3, -0.25) is 14.7 Å². The van der Waals surface area contributed by atoms with Crippen LogP contribution in [0, 0.1) is 0 Å². The van der Waals surface area contributed by atoms with Gasteiger partial charge in [-0.05, 0) is 47.9 Å². The topological polar surface area (TPSA) is 68.7 Å². The maximum absolute atomic E-state index is 12.1. The molecule has 2 N–H and O–H groups in total. The maximum atomic E-state index is 12.1. The van der Waals surface area contributed by atoms with E-state index in [2.05, 4.69) is 38.3 Å². The molecule has 2 heterocycles. The van der Waals surface area contributed by atoms with Crippen molar-refractivity contribution in [1.82, 2.24) is 15.2 Å². The molecule has 1 saturated heterocycles. The Hall–Kier alpha value is -3.38. The van der Waals surface area contributed by atoms with Crippen molar-refractivity contribution in [3.63, 3.8) is 0 Å². The van der Waals surface area contributed by atoms with E-state index in [0.717, 1.165) is 56.0 Å². The summed E-state index contributed by atoms with van der Waals surface area (Å²) in [5, 5.41) is 12.7. The number of hydrogen-bond acceptors (Lipinski definition) is 5. The van der Waals surface area contributed by atoms with Crippen LogP contribution < -0.4 is 10.2 Å². The van der Waals surface area contributed by atoms with E-state index < -0.39 is 0 Å². The molecule has 0 saturated carbocycles. The monoisotopic (exact) mass is 430 g/mol. The summed E-state index contributed by atoms with van der Waals surface area (Å²) in [6, 6.07) is 18.0. The zero-order valence-corrected chi connectivity index (χ0v) is 18.5. The van der Waals surface area contributed by atoms with Gasteiger partial charge in [0.1, 0.15) is 5.75 Å². The van der Waals surface area contributed by atoms with Crippen LogP contribution in [-0.2, 0) is 6.54 Å². The Bertz CT molecular complexity index is 1040. The summed E-state index contributed by atoms with van der Waals surface area (Å²) in [6.45, 7) is 7.42. The molecule has 1 aromatic heterocycles. The summed E-state index contributed by atoms with van der Waals surface area (Å²) in [5.74, 6) is 0.170. The molecule has 6 nitrogen and oxygen atoms in total. The third-order valence-corrected chi connectivity index (χ3v) is 5.85. The van der Waals surface area contributed by atoms with E-state index >= 15 is 0 Å². The van der Waals surface area contributed by atoms with Gasteiger partial charge in [-0.15, -0.1) is 0 Å². The second kappa shape index (κ2) is 10.3. The van der Waals surface area contributed by atoms with Gasteiger partial charge >= 0.3 is 0 Å². The molecule has 0 spiro atoms. The Balaban J connectivity index is 1.36. The molecule has 32 heavy (non-hydrogen) atoms.